The summed E-state index contributed by atoms with van der Waals surface area (Å²) >= 11 is 3.45. The molecule has 0 aliphatic carbocycles. The second kappa shape index (κ2) is 4.99. The van der Waals surface area contributed by atoms with Crippen LogP contribution in [0.1, 0.15) is 24.5 Å². The van der Waals surface area contributed by atoms with Gasteiger partial charge in [0.05, 0.1) is 19.3 Å². The number of hydrogen-bond acceptors (Lipinski definition) is 2. The van der Waals surface area contributed by atoms with Crippen LogP contribution in [0.5, 0.6) is 5.75 Å². The lowest BCUT2D eigenvalue weighted by Crippen LogP contribution is -2.07. The van der Waals surface area contributed by atoms with Gasteiger partial charge in [0.25, 0.3) is 0 Å². The summed E-state index contributed by atoms with van der Waals surface area (Å²) in [6, 6.07) is 8.14. The molecule has 0 unspecified atom stereocenters. The van der Waals surface area contributed by atoms with Crippen LogP contribution < -0.4 is 4.74 Å². The van der Waals surface area contributed by atoms with Gasteiger partial charge in [0, 0.05) is 5.33 Å². The van der Waals surface area contributed by atoms with Crippen molar-refractivity contribution in [3.63, 3.8) is 0 Å². The molecule has 3 heteroatoms. The van der Waals surface area contributed by atoms with E-state index in [0.717, 1.165) is 23.9 Å². The van der Waals surface area contributed by atoms with Crippen molar-refractivity contribution in [1.29, 1.82) is 0 Å². The highest BCUT2D eigenvalue weighted by atomic mass is 79.9. The summed E-state index contributed by atoms with van der Waals surface area (Å²) < 4.78 is 11.0. The highest BCUT2D eigenvalue weighted by molar-refractivity contribution is 9.09. The van der Waals surface area contributed by atoms with Gasteiger partial charge in [-0.1, -0.05) is 28.1 Å². The number of benzene rings is 1. The zero-order valence-electron chi connectivity index (χ0n) is 8.78. The van der Waals surface area contributed by atoms with Crippen molar-refractivity contribution in [1.82, 2.24) is 0 Å². The standard InChI is InChI=1S/C12H15BrO2/c1-14-10-4-2-9(3-5-10)12-7-6-11(8-13)15-12/h2-5,11-12H,6-8H2,1H3/t11-,12-/m0/s1. The third-order valence-electron chi connectivity index (χ3n) is 2.77. The molecule has 0 spiro atoms. The first-order chi connectivity index (χ1) is 7.33. The SMILES string of the molecule is COc1ccc([C@@H]2CC[C@@H](CBr)O2)cc1. The lowest BCUT2D eigenvalue weighted by atomic mass is 10.1. The van der Waals surface area contributed by atoms with Gasteiger partial charge < -0.3 is 9.47 Å². The Morgan fingerprint density at radius 2 is 2.07 bits per heavy atom. The van der Waals surface area contributed by atoms with Crippen molar-refractivity contribution >= 4 is 15.9 Å². The van der Waals surface area contributed by atoms with Crippen molar-refractivity contribution in [2.75, 3.05) is 12.4 Å². The molecule has 1 aromatic rings. The number of methoxy groups -OCH3 is 1. The largest absolute Gasteiger partial charge is 0.497 e. The molecular weight excluding hydrogens is 256 g/mol. The monoisotopic (exact) mass is 270 g/mol. The average Bonchev–Trinajstić information content (AvgIpc) is 2.78. The molecule has 0 amide bonds. The maximum atomic E-state index is 5.88. The third-order valence-corrected chi connectivity index (χ3v) is 3.49. The molecule has 0 radical (unpaired) electrons. The normalized spacial score (nSPS) is 25.5. The predicted molar refractivity (Wildman–Crippen MR) is 63.6 cm³/mol. The lowest BCUT2D eigenvalue weighted by Gasteiger charge is -2.12. The lowest BCUT2D eigenvalue weighted by molar-refractivity contribution is 0.0588. The van der Waals surface area contributed by atoms with E-state index in [2.05, 4.69) is 28.1 Å². The van der Waals surface area contributed by atoms with Gasteiger partial charge in [-0.3, -0.25) is 0 Å². The van der Waals surface area contributed by atoms with E-state index >= 15 is 0 Å². The minimum absolute atomic E-state index is 0.262. The maximum absolute atomic E-state index is 5.88. The Kier molecular flexibility index (Phi) is 3.65. The van der Waals surface area contributed by atoms with Crippen molar-refractivity contribution < 1.29 is 9.47 Å². The molecule has 1 heterocycles. The number of halogens is 1. The first-order valence-corrected chi connectivity index (χ1v) is 6.31. The van der Waals surface area contributed by atoms with Gasteiger partial charge >= 0.3 is 0 Å². The minimum Gasteiger partial charge on any atom is -0.497 e. The molecule has 0 saturated carbocycles. The van der Waals surface area contributed by atoms with E-state index in [1.54, 1.807) is 7.11 Å². The second-order valence-electron chi connectivity index (χ2n) is 3.75. The Bertz CT molecular complexity index is 310. The maximum Gasteiger partial charge on any atom is 0.118 e. The van der Waals surface area contributed by atoms with Crippen LogP contribution >= 0.6 is 15.9 Å². The molecule has 1 aliphatic heterocycles. The molecule has 82 valence electrons. The Morgan fingerprint density at radius 1 is 1.33 bits per heavy atom. The summed E-state index contributed by atoms with van der Waals surface area (Å²) in [7, 11) is 1.68. The van der Waals surface area contributed by atoms with Gasteiger partial charge in [0.1, 0.15) is 5.75 Å². The van der Waals surface area contributed by atoms with Crippen molar-refractivity contribution in [3.05, 3.63) is 29.8 Å². The smallest absolute Gasteiger partial charge is 0.118 e. The molecule has 0 bridgehead atoms. The molecule has 0 N–H and O–H groups in total. The zero-order chi connectivity index (χ0) is 10.7. The number of alkyl halides is 1. The highest BCUT2D eigenvalue weighted by Crippen LogP contribution is 2.33. The molecule has 1 fully saturated rings. The molecule has 1 aromatic carbocycles. The molecule has 0 aromatic heterocycles. The van der Waals surface area contributed by atoms with Crippen LogP contribution in [0.4, 0.5) is 0 Å². The summed E-state index contributed by atoms with van der Waals surface area (Å²) in [6.45, 7) is 0. The zero-order valence-corrected chi connectivity index (χ0v) is 10.4. The molecule has 1 saturated heterocycles. The fraction of sp³-hybridized carbons (Fsp3) is 0.500. The molecular formula is C12H15BrO2. The van der Waals surface area contributed by atoms with E-state index in [1.807, 2.05) is 12.1 Å². The fourth-order valence-corrected chi connectivity index (χ4v) is 2.36. The van der Waals surface area contributed by atoms with E-state index in [9.17, 15) is 0 Å². The van der Waals surface area contributed by atoms with E-state index < -0.39 is 0 Å². The molecule has 2 rings (SSSR count). The number of rotatable bonds is 3. The Balaban J connectivity index is 2.04. The average molecular weight is 271 g/mol. The van der Waals surface area contributed by atoms with Gasteiger partial charge in [0.15, 0.2) is 0 Å². The second-order valence-corrected chi connectivity index (χ2v) is 4.40. The van der Waals surface area contributed by atoms with Gasteiger partial charge in [0.2, 0.25) is 0 Å². The van der Waals surface area contributed by atoms with Crippen LogP contribution in [0.15, 0.2) is 24.3 Å². The number of ether oxygens (including phenoxy) is 2. The summed E-state index contributed by atoms with van der Waals surface area (Å²) in [4.78, 5) is 0. The van der Waals surface area contributed by atoms with E-state index in [-0.39, 0.29) is 6.10 Å². The quantitative estimate of drug-likeness (QED) is 0.785. The first kappa shape index (κ1) is 11.0. The summed E-state index contributed by atoms with van der Waals surface area (Å²) in [5.74, 6) is 0.897. The van der Waals surface area contributed by atoms with Gasteiger partial charge in [-0.25, -0.2) is 0 Å². The van der Waals surface area contributed by atoms with Crippen LogP contribution in [0, 0.1) is 0 Å². The first-order valence-electron chi connectivity index (χ1n) is 5.19. The van der Waals surface area contributed by atoms with Crippen LogP contribution in [-0.4, -0.2) is 18.5 Å². The Labute approximate surface area is 98.7 Å². The fourth-order valence-electron chi connectivity index (χ4n) is 1.88. The van der Waals surface area contributed by atoms with Crippen LogP contribution in [-0.2, 0) is 4.74 Å². The van der Waals surface area contributed by atoms with E-state index in [0.29, 0.717) is 6.10 Å². The molecule has 15 heavy (non-hydrogen) atoms. The summed E-state index contributed by atoms with van der Waals surface area (Å²) in [6.07, 6.45) is 2.89. The number of hydrogen-bond donors (Lipinski definition) is 0. The van der Waals surface area contributed by atoms with Gasteiger partial charge in [-0.2, -0.15) is 0 Å². The third kappa shape index (κ3) is 2.52. The van der Waals surface area contributed by atoms with E-state index in [1.165, 1.54) is 5.56 Å². The van der Waals surface area contributed by atoms with Crippen molar-refractivity contribution in [3.8, 4) is 5.75 Å². The minimum atomic E-state index is 0.262. The molecule has 1 aliphatic rings. The highest BCUT2D eigenvalue weighted by Gasteiger charge is 2.25. The van der Waals surface area contributed by atoms with Crippen LogP contribution in [0.3, 0.4) is 0 Å². The van der Waals surface area contributed by atoms with Gasteiger partial charge in [-0.15, -0.1) is 0 Å². The van der Waals surface area contributed by atoms with Crippen LogP contribution in [0.25, 0.3) is 0 Å². The van der Waals surface area contributed by atoms with E-state index in [4.69, 9.17) is 9.47 Å². The van der Waals surface area contributed by atoms with Gasteiger partial charge in [-0.05, 0) is 30.5 Å². The van der Waals surface area contributed by atoms with Crippen LogP contribution in [0.2, 0.25) is 0 Å². The van der Waals surface area contributed by atoms with Crippen molar-refractivity contribution in [2.24, 2.45) is 0 Å². The predicted octanol–water partition coefficient (Wildman–Crippen LogP) is 3.31. The summed E-state index contributed by atoms with van der Waals surface area (Å²) in [5, 5.41) is 0.930. The topological polar surface area (TPSA) is 18.5 Å². The summed E-state index contributed by atoms with van der Waals surface area (Å²) in [5.41, 5.74) is 1.25. The Hall–Kier alpha value is -0.540. The molecule has 2 nitrogen and oxygen atoms in total. The Morgan fingerprint density at radius 3 is 2.60 bits per heavy atom. The van der Waals surface area contributed by atoms with Crippen molar-refractivity contribution in [2.45, 2.75) is 25.0 Å². The molecule has 2 atom stereocenters.